The molecule has 192 valence electrons. The first-order chi connectivity index (χ1) is 18.4. The molecular formula is C28H22F2N4O3S. The largest absolute Gasteiger partial charge is 0.352 e. The van der Waals surface area contributed by atoms with Gasteiger partial charge in [-0.3, -0.25) is 19.4 Å². The predicted octanol–water partition coefficient (Wildman–Crippen LogP) is 4.64. The standard InChI is InChI=1S/C28H22F2N4O3S/c29-19-9-5-17(6-10-19)15-31-25(36)14-13-23-27(37)34-26(32-23)21-3-1-2-4-22(21)33-28(34)38-16-24(35)18-7-11-20(30)12-8-18/h1-12,23H,13-16H2,(H,31,36). The number of amidine groups is 2. The van der Waals surface area contributed by atoms with E-state index in [1.54, 1.807) is 18.2 Å². The lowest BCUT2D eigenvalue weighted by molar-refractivity contribution is -0.125. The quantitative estimate of drug-likeness (QED) is 0.428. The van der Waals surface area contributed by atoms with Gasteiger partial charge < -0.3 is 5.32 Å². The SMILES string of the molecule is O=C(CCC1N=C2c3ccccc3N=C(SCC(=O)c3ccc(F)cc3)N2C1=O)NCc1ccc(F)cc1. The molecule has 5 rings (SSSR count). The van der Waals surface area contributed by atoms with E-state index < -0.39 is 11.9 Å². The summed E-state index contributed by atoms with van der Waals surface area (Å²) in [6.07, 6.45) is 0.273. The van der Waals surface area contributed by atoms with E-state index in [0.717, 1.165) is 17.3 Å². The lowest BCUT2D eigenvalue weighted by atomic mass is 10.1. The Kier molecular flexibility index (Phi) is 7.41. The molecule has 0 aliphatic carbocycles. The highest BCUT2D eigenvalue weighted by molar-refractivity contribution is 8.14. The van der Waals surface area contributed by atoms with Gasteiger partial charge >= 0.3 is 0 Å². The molecule has 0 saturated heterocycles. The van der Waals surface area contributed by atoms with Gasteiger partial charge in [0.1, 0.15) is 23.5 Å². The topological polar surface area (TPSA) is 91.2 Å². The number of carbonyl (C=O) groups excluding carboxylic acids is 3. The molecule has 0 spiro atoms. The van der Waals surface area contributed by atoms with Crippen LogP contribution < -0.4 is 5.32 Å². The van der Waals surface area contributed by atoms with Crippen LogP contribution in [0.3, 0.4) is 0 Å². The van der Waals surface area contributed by atoms with Crippen LogP contribution in [0.25, 0.3) is 0 Å². The number of thioether (sulfide) groups is 1. The van der Waals surface area contributed by atoms with E-state index in [9.17, 15) is 23.2 Å². The molecule has 2 aliphatic rings. The zero-order valence-electron chi connectivity index (χ0n) is 20.1. The highest BCUT2D eigenvalue weighted by Gasteiger charge is 2.41. The van der Waals surface area contributed by atoms with Crippen molar-refractivity contribution in [2.45, 2.75) is 25.4 Å². The fourth-order valence-corrected chi connectivity index (χ4v) is 4.99. The number of Topliss-reactive ketones (excluding diaryl/α,β-unsaturated/α-hetero) is 1. The van der Waals surface area contributed by atoms with Crippen molar-refractivity contribution in [2.24, 2.45) is 9.98 Å². The lowest BCUT2D eigenvalue weighted by Gasteiger charge is -2.25. The van der Waals surface area contributed by atoms with E-state index in [1.165, 1.54) is 41.3 Å². The third kappa shape index (κ3) is 5.55. The van der Waals surface area contributed by atoms with Crippen molar-refractivity contribution in [3.63, 3.8) is 0 Å². The number of carbonyl (C=O) groups is 3. The minimum Gasteiger partial charge on any atom is -0.352 e. The minimum atomic E-state index is -0.772. The zero-order valence-corrected chi connectivity index (χ0v) is 20.9. The van der Waals surface area contributed by atoms with E-state index in [-0.39, 0.29) is 48.6 Å². The second-order valence-electron chi connectivity index (χ2n) is 8.71. The molecule has 7 nitrogen and oxygen atoms in total. The van der Waals surface area contributed by atoms with Gasteiger partial charge in [0.2, 0.25) is 5.91 Å². The fourth-order valence-electron chi connectivity index (χ4n) is 4.10. The van der Waals surface area contributed by atoms with Crippen molar-refractivity contribution in [1.82, 2.24) is 10.2 Å². The molecule has 0 aromatic heterocycles. The Labute approximate surface area is 221 Å². The average molecular weight is 533 g/mol. The number of para-hydroxylation sites is 1. The van der Waals surface area contributed by atoms with Gasteiger partial charge in [0.05, 0.1) is 11.4 Å². The van der Waals surface area contributed by atoms with Gasteiger partial charge in [-0.05, 0) is 60.5 Å². The number of nitrogens with one attached hydrogen (secondary N) is 1. The maximum Gasteiger partial charge on any atom is 0.259 e. The maximum absolute atomic E-state index is 13.4. The Morgan fingerprint density at radius 2 is 1.63 bits per heavy atom. The van der Waals surface area contributed by atoms with Crippen molar-refractivity contribution in [1.29, 1.82) is 0 Å². The van der Waals surface area contributed by atoms with Gasteiger partial charge in [-0.1, -0.05) is 36.0 Å². The first-order valence-corrected chi connectivity index (χ1v) is 12.9. The molecule has 1 unspecified atom stereocenters. The number of ketones is 1. The van der Waals surface area contributed by atoms with Crippen LogP contribution >= 0.6 is 11.8 Å². The van der Waals surface area contributed by atoms with E-state index in [2.05, 4.69) is 15.3 Å². The normalized spacial score (nSPS) is 15.9. The van der Waals surface area contributed by atoms with Crippen LogP contribution in [0.2, 0.25) is 0 Å². The lowest BCUT2D eigenvalue weighted by Crippen LogP contribution is -2.41. The van der Waals surface area contributed by atoms with Gasteiger partial charge in [-0.25, -0.2) is 18.7 Å². The summed E-state index contributed by atoms with van der Waals surface area (Å²) in [5, 5.41) is 3.10. The Morgan fingerprint density at radius 3 is 2.37 bits per heavy atom. The van der Waals surface area contributed by atoms with Gasteiger partial charge in [-0.15, -0.1) is 0 Å². The van der Waals surface area contributed by atoms with Crippen LogP contribution in [-0.2, 0) is 16.1 Å². The van der Waals surface area contributed by atoms with Crippen LogP contribution in [0, 0.1) is 11.6 Å². The summed E-state index contributed by atoms with van der Waals surface area (Å²) in [5.74, 6) is -1.13. The van der Waals surface area contributed by atoms with Crippen LogP contribution in [0.1, 0.15) is 34.3 Å². The number of halogens is 2. The van der Waals surface area contributed by atoms with E-state index in [4.69, 9.17) is 0 Å². The highest BCUT2D eigenvalue weighted by atomic mass is 32.2. The van der Waals surface area contributed by atoms with Gasteiger partial charge in [0, 0.05) is 24.1 Å². The van der Waals surface area contributed by atoms with Crippen LogP contribution in [-0.4, -0.2) is 45.3 Å². The van der Waals surface area contributed by atoms with Crippen LogP contribution in [0.4, 0.5) is 14.5 Å². The number of benzene rings is 3. The summed E-state index contributed by atoms with van der Waals surface area (Å²) in [6, 6.07) is 17.6. The first kappa shape index (κ1) is 25.5. The smallest absolute Gasteiger partial charge is 0.259 e. The highest BCUT2D eigenvalue weighted by Crippen LogP contribution is 2.34. The van der Waals surface area contributed by atoms with Gasteiger partial charge in [-0.2, -0.15) is 0 Å². The van der Waals surface area contributed by atoms with E-state index >= 15 is 0 Å². The molecule has 0 radical (unpaired) electrons. The Hall–Kier alpha value is -4.18. The van der Waals surface area contributed by atoms with Crippen molar-refractivity contribution < 1.29 is 23.2 Å². The molecule has 1 atom stereocenters. The molecule has 10 heteroatoms. The number of aliphatic imine (C=N–C) groups is 2. The second-order valence-corrected chi connectivity index (χ2v) is 9.66. The Bertz CT molecular complexity index is 1460. The number of hydrogen-bond donors (Lipinski definition) is 1. The molecule has 2 amide bonds. The van der Waals surface area contributed by atoms with Crippen molar-refractivity contribution in [2.75, 3.05) is 5.75 Å². The van der Waals surface area contributed by atoms with Gasteiger partial charge in [0.15, 0.2) is 11.0 Å². The van der Waals surface area contributed by atoms with Crippen molar-refractivity contribution >= 4 is 46.1 Å². The van der Waals surface area contributed by atoms with Crippen molar-refractivity contribution in [3.8, 4) is 0 Å². The molecule has 0 bridgehead atoms. The molecule has 0 fully saturated rings. The Morgan fingerprint density at radius 1 is 0.947 bits per heavy atom. The molecule has 3 aromatic rings. The fraction of sp³-hybridized carbons (Fsp3) is 0.179. The molecule has 1 N–H and O–H groups in total. The molecular weight excluding hydrogens is 510 g/mol. The number of rotatable bonds is 8. The average Bonchev–Trinajstić information content (AvgIpc) is 3.27. The molecule has 38 heavy (non-hydrogen) atoms. The third-order valence-corrected chi connectivity index (χ3v) is 7.03. The summed E-state index contributed by atoms with van der Waals surface area (Å²) in [7, 11) is 0. The summed E-state index contributed by atoms with van der Waals surface area (Å²) in [4.78, 5) is 49.1. The van der Waals surface area contributed by atoms with E-state index in [1.807, 2.05) is 18.2 Å². The summed E-state index contributed by atoms with van der Waals surface area (Å²) < 4.78 is 26.3. The Balaban J connectivity index is 1.26. The molecule has 2 heterocycles. The third-order valence-electron chi connectivity index (χ3n) is 6.09. The number of nitrogens with zero attached hydrogens (tertiary/aromatic N) is 3. The van der Waals surface area contributed by atoms with Crippen LogP contribution in [0.5, 0.6) is 0 Å². The number of amides is 2. The van der Waals surface area contributed by atoms with E-state index in [0.29, 0.717) is 27.8 Å². The molecule has 2 aliphatic heterocycles. The summed E-state index contributed by atoms with van der Waals surface area (Å²) in [6.45, 7) is 0.251. The second kappa shape index (κ2) is 11.1. The van der Waals surface area contributed by atoms with Crippen LogP contribution in [0.15, 0.2) is 82.8 Å². The molecule has 0 saturated carbocycles. The maximum atomic E-state index is 13.4. The van der Waals surface area contributed by atoms with Gasteiger partial charge in [0.25, 0.3) is 5.91 Å². The molecule has 3 aromatic carbocycles. The summed E-state index contributed by atoms with van der Waals surface area (Å²) in [5.41, 5.74) is 2.45. The predicted molar refractivity (Wildman–Crippen MR) is 141 cm³/mol. The summed E-state index contributed by atoms with van der Waals surface area (Å²) >= 11 is 1.11. The number of hydrogen-bond acceptors (Lipinski definition) is 6. The number of fused-ring (bicyclic) bond motifs is 3. The monoisotopic (exact) mass is 532 g/mol. The zero-order chi connectivity index (χ0) is 26.6. The minimum absolute atomic E-state index is 0.000150. The van der Waals surface area contributed by atoms with Crippen molar-refractivity contribution in [3.05, 3.63) is 101 Å². The first-order valence-electron chi connectivity index (χ1n) is 11.9.